The number of nitrogens with one attached hydrogen (secondary N) is 1. The predicted octanol–water partition coefficient (Wildman–Crippen LogP) is 2.36. The summed E-state index contributed by atoms with van der Waals surface area (Å²) >= 11 is 0. The van der Waals surface area contributed by atoms with Crippen LogP contribution in [-0.2, 0) is 0 Å². The van der Waals surface area contributed by atoms with Crippen LogP contribution in [0.15, 0.2) is 24.3 Å². The molecule has 0 unspecified atom stereocenters. The average Bonchev–Trinajstić information content (AvgIpc) is 2.40. The van der Waals surface area contributed by atoms with Gasteiger partial charge in [0.1, 0.15) is 5.75 Å². The number of rotatable bonds is 2. The second-order valence-electron chi connectivity index (χ2n) is 4.79. The molecule has 1 heterocycles. The quantitative estimate of drug-likeness (QED) is 0.912. The van der Waals surface area contributed by atoms with Gasteiger partial charge in [0, 0.05) is 31.9 Å². The Kier molecular flexibility index (Phi) is 4.56. The number of likely N-dealkylation sites (N-methyl/N-ethyl adjacent to an activating group) is 1. The van der Waals surface area contributed by atoms with E-state index in [1.165, 1.54) is 12.1 Å². The number of benzene rings is 1. The van der Waals surface area contributed by atoms with Crippen LogP contribution in [0, 0.1) is 0 Å². The fraction of sp³-hybridized carbons (Fsp3) is 0.462. The number of carbonyl (C=O) groups is 1. The lowest BCUT2D eigenvalue weighted by Crippen LogP contribution is -2.48. The molecular weight excluding hydrogens is 287 g/mol. The molecule has 0 bridgehead atoms. The lowest BCUT2D eigenvalue weighted by molar-refractivity contribution is -0.274. The summed E-state index contributed by atoms with van der Waals surface area (Å²) in [5, 5.41) is 2.65. The van der Waals surface area contributed by atoms with Crippen LogP contribution in [0.1, 0.15) is 0 Å². The number of hydrogen-bond donors (Lipinski definition) is 1. The summed E-state index contributed by atoms with van der Waals surface area (Å²) in [5.41, 5.74) is 0.424. The lowest BCUT2D eigenvalue weighted by atomic mass is 10.3. The van der Waals surface area contributed by atoms with Crippen molar-refractivity contribution in [3.8, 4) is 5.75 Å². The van der Waals surface area contributed by atoms with Crippen molar-refractivity contribution in [2.24, 2.45) is 0 Å². The first kappa shape index (κ1) is 15.4. The molecule has 1 N–H and O–H groups in total. The number of halogens is 3. The molecule has 0 atom stereocenters. The van der Waals surface area contributed by atoms with Crippen molar-refractivity contribution in [2.45, 2.75) is 6.36 Å². The molecule has 1 fully saturated rings. The average molecular weight is 303 g/mol. The maximum absolute atomic E-state index is 12.0. The summed E-state index contributed by atoms with van der Waals surface area (Å²) in [7, 11) is 1.98. The Hall–Kier alpha value is -1.96. The number of amides is 2. The van der Waals surface area contributed by atoms with Crippen molar-refractivity contribution in [3.63, 3.8) is 0 Å². The van der Waals surface area contributed by atoms with Crippen molar-refractivity contribution >= 4 is 11.7 Å². The van der Waals surface area contributed by atoms with E-state index in [2.05, 4.69) is 15.0 Å². The topological polar surface area (TPSA) is 44.8 Å². The summed E-state index contributed by atoms with van der Waals surface area (Å²) in [4.78, 5) is 15.8. The van der Waals surface area contributed by atoms with Gasteiger partial charge < -0.3 is 19.9 Å². The normalized spacial score (nSPS) is 16.7. The molecule has 1 aliphatic heterocycles. The van der Waals surface area contributed by atoms with E-state index in [9.17, 15) is 18.0 Å². The number of alkyl halides is 3. The summed E-state index contributed by atoms with van der Waals surface area (Å²) in [6.07, 6.45) is -4.72. The largest absolute Gasteiger partial charge is 0.573 e. The second kappa shape index (κ2) is 6.21. The van der Waals surface area contributed by atoms with E-state index in [-0.39, 0.29) is 11.8 Å². The summed E-state index contributed by atoms with van der Waals surface area (Å²) in [5.74, 6) is -0.319. The molecular formula is C13H16F3N3O2. The van der Waals surface area contributed by atoms with Gasteiger partial charge in [0.05, 0.1) is 0 Å². The summed E-state index contributed by atoms with van der Waals surface area (Å²) in [6, 6.07) is 4.80. The lowest BCUT2D eigenvalue weighted by Gasteiger charge is -2.32. The zero-order valence-corrected chi connectivity index (χ0v) is 11.5. The van der Waals surface area contributed by atoms with E-state index in [4.69, 9.17) is 0 Å². The van der Waals surface area contributed by atoms with Gasteiger partial charge in [-0.2, -0.15) is 0 Å². The van der Waals surface area contributed by atoms with Crippen LogP contribution in [0.3, 0.4) is 0 Å². The molecule has 8 heteroatoms. The van der Waals surface area contributed by atoms with Gasteiger partial charge in [-0.15, -0.1) is 13.2 Å². The molecule has 0 spiro atoms. The molecule has 1 aromatic rings. The molecule has 2 amide bonds. The second-order valence-corrected chi connectivity index (χ2v) is 4.79. The Morgan fingerprint density at radius 2 is 1.71 bits per heavy atom. The number of carbonyl (C=O) groups excluding carboxylic acids is 1. The molecule has 2 rings (SSSR count). The van der Waals surface area contributed by atoms with Gasteiger partial charge in [-0.3, -0.25) is 0 Å². The summed E-state index contributed by atoms with van der Waals surface area (Å²) in [6.45, 7) is 2.84. The minimum atomic E-state index is -4.72. The molecule has 0 aromatic heterocycles. The van der Waals surface area contributed by atoms with Gasteiger partial charge >= 0.3 is 12.4 Å². The van der Waals surface area contributed by atoms with Gasteiger partial charge in [0.25, 0.3) is 0 Å². The standard InChI is InChI=1S/C13H16F3N3O2/c1-18-6-8-19(9-7-18)12(20)17-10-2-4-11(5-3-10)21-13(14,15)16/h2-5H,6-9H2,1H3,(H,17,20). The SMILES string of the molecule is CN1CCN(C(=O)Nc2ccc(OC(F)(F)F)cc2)CC1. The zero-order chi connectivity index (χ0) is 15.5. The maximum atomic E-state index is 12.0. The Morgan fingerprint density at radius 1 is 1.14 bits per heavy atom. The minimum absolute atomic E-state index is 0.257. The first-order valence-corrected chi connectivity index (χ1v) is 6.44. The molecule has 1 aromatic carbocycles. The van der Waals surface area contributed by atoms with Crippen LogP contribution >= 0.6 is 0 Å². The van der Waals surface area contributed by atoms with E-state index in [1.54, 1.807) is 4.90 Å². The molecule has 0 saturated carbocycles. The van der Waals surface area contributed by atoms with Crippen molar-refractivity contribution in [2.75, 3.05) is 38.5 Å². The third kappa shape index (κ3) is 4.82. The van der Waals surface area contributed by atoms with Crippen molar-refractivity contribution in [3.05, 3.63) is 24.3 Å². The highest BCUT2D eigenvalue weighted by atomic mass is 19.4. The van der Waals surface area contributed by atoms with Crippen LogP contribution in [0.25, 0.3) is 0 Å². The molecule has 1 saturated heterocycles. The Labute approximate surface area is 120 Å². The highest BCUT2D eigenvalue weighted by molar-refractivity contribution is 5.89. The number of anilines is 1. The van der Waals surface area contributed by atoms with Crippen LogP contribution in [0.5, 0.6) is 5.75 Å². The van der Waals surface area contributed by atoms with E-state index >= 15 is 0 Å². The number of urea groups is 1. The highest BCUT2D eigenvalue weighted by Gasteiger charge is 2.31. The van der Waals surface area contributed by atoms with E-state index in [0.29, 0.717) is 18.8 Å². The number of nitrogens with zero attached hydrogens (tertiary/aromatic N) is 2. The Bertz CT molecular complexity index is 482. The van der Waals surface area contributed by atoms with Gasteiger partial charge in [-0.1, -0.05) is 0 Å². The zero-order valence-electron chi connectivity index (χ0n) is 11.5. The van der Waals surface area contributed by atoms with E-state index in [1.807, 2.05) is 7.05 Å². The molecule has 0 radical (unpaired) electrons. The predicted molar refractivity (Wildman–Crippen MR) is 71.2 cm³/mol. The Balaban J connectivity index is 1.89. The smallest absolute Gasteiger partial charge is 0.406 e. The molecule has 116 valence electrons. The maximum Gasteiger partial charge on any atom is 0.573 e. The Morgan fingerprint density at radius 3 is 2.24 bits per heavy atom. The first-order chi connectivity index (χ1) is 9.83. The van der Waals surface area contributed by atoms with Crippen LogP contribution in [0.4, 0.5) is 23.7 Å². The van der Waals surface area contributed by atoms with E-state index < -0.39 is 6.36 Å². The highest BCUT2D eigenvalue weighted by Crippen LogP contribution is 2.24. The van der Waals surface area contributed by atoms with Gasteiger partial charge in [-0.25, -0.2) is 4.79 Å². The summed E-state index contributed by atoms with van der Waals surface area (Å²) < 4.78 is 39.8. The molecule has 1 aliphatic rings. The van der Waals surface area contributed by atoms with Gasteiger partial charge in [-0.05, 0) is 31.3 Å². The minimum Gasteiger partial charge on any atom is -0.406 e. The fourth-order valence-electron chi connectivity index (χ4n) is 1.95. The van der Waals surface area contributed by atoms with Crippen LogP contribution in [0.2, 0.25) is 0 Å². The van der Waals surface area contributed by atoms with Crippen LogP contribution < -0.4 is 10.1 Å². The van der Waals surface area contributed by atoms with Crippen molar-refractivity contribution in [1.29, 1.82) is 0 Å². The molecule has 0 aliphatic carbocycles. The first-order valence-electron chi connectivity index (χ1n) is 6.44. The van der Waals surface area contributed by atoms with E-state index in [0.717, 1.165) is 25.2 Å². The fourth-order valence-corrected chi connectivity index (χ4v) is 1.95. The monoisotopic (exact) mass is 303 g/mol. The number of piperazine rings is 1. The van der Waals surface area contributed by atoms with Crippen molar-refractivity contribution in [1.82, 2.24) is 9.80 Å². The third-order valence-electron chi connectivity index (χ3n) is 3.13. The van der Waals surface area contributed by atoms with Gasteiger partial charge in [0.2, 0.25) is 0 Å². The van der Waals surface area contributed by atoms with Gasteiger partial charge in [0.15, 0.2) is 0 Å². The number of ether oxygens (including phenoxy) is 1. The third-order valence-corrected chi connectivity index (χ3v) is 3.13. The van der Waals surface area contributed by atoms with Crippen LogP contribution in [-0.4, -0.2) is 55.4 Å². The molecule has 5 nitrogen and oxygen atoms in total. The number of hydrogen-bond acceptors (Lipinski definition) is 3. The molecule has 21 heavy (non-hydrogen) atoms. The van der Waals surface area contributed by atoms with Crippen molar-refractivity contribution < 1.29 is 22.7 Å².